The van der Waals surface area contributed by atoms with Crippen LogP contribution in [0.15, 0.2) is 12.1 Å². The monoisotopic (exact) mass is 449 g/mol. The molecule has 2 N–H and O–H groups in total. The summed E-state index contributed by atoms with van der Waals surface area (Å²) in [6, 6.07) is 3.73. The van der Waals surface area contributed by atoms with Crippen LogP contribution in [0.4, 0.5) is 0 Å². The van der Waals surface area contributed by atoms with Crippen molar-refractivity contribution in [2.24, 2.45) is 22.7 Å². The normalized spacial score (nSPS) is 37.7. The summed E-state index contributed by atoms with van der Waals surface area (Å²) in [6.45, 7) is 5.64. The Labute approximate surface area is 183 Å². The summed E-state index contributed by atoms with van der Waals surface area (Å²) >= 11 is 0. The maximum absolute atomic E-state index is 12.2. The fourth-order valence-electron chi connectivity index (χ4n) is 7.44. The van der Waals surface area contributed by atoms with Crippen LogP contribution in [0.25, 0.3) is 0 Å². The number of carbonyl (C=O) groups is 1. The number of fused-ring (bicyclic) bond motifs is 3. The fraction of sp³-hybridized carbons (Fsp3) is 0.696. The van der Waals surface area contributed by atoms with Crippen LogP contribution >= 0.6 is 0 Å². The van der Waals surface area contributed by atoms with Crippen molar-refractivity contribution in [3.63, 3.8) is 0 Å². The summed E-state index contributed by atoms with van der Waals surface area (Å²) < 4.78 is 37.1. The molecular weight excluding hydrogens is 418 g/mol. The molecule has 4 unspecified atom stereocenters. The zero-order valence-electron chi connectivity index (χ0n) is 18.3. The Balaban J connectivity index is 1.50. The van der Waals surface area contributed by atoms with Crippen LogP contribution in [0.2, 0.25) is 0 Å². The average Bonchev–Trinajstić information content (AvgIpc) is 3.33. The zero-order valence-corrected chi connectivity index (χ0v) is 19.1. The number of rotatable bonds is 5. The van der Waals surface area contributed by atoms with Crippen LogP contribution < -0.4 is 13.6 Å². The minimum absolute atomic E-state index is 0.0224. The van der Waals surface area contributed by atoms with E-state index < -0.39 is 16.2 Å². The lowest BCUT2D eigenvalue weighted by Crippen LogP contribution is -2.47. The van der Waals surface area contributed by atoms with Gasteiger partial charge >= 0.3 is 10.3 Å². The van der Waals surface area contributed by atoms with Crippen molar-refractivity contribution in [2.75, 3.05) is 6.61 Å². The summed E-state index contributed by atoms with van der Waals surface area (Å²) in [7, 11) is -4.26. The molecular formula is C23H31NO6S. The maximum atomic E-state index is 12.2. The summed E-state index contributed by atoms with van der Waals surface area (Å²) in [4.78, 5) is 11.2. The van der Waals surface area contributed by atoms with Gasteiger partial charge in [-0.2, -0.15) is 8.42 Å². The van der Waals surface area contributed by atoms with Gasteiger partial charge in [0.2, 0.25) is 5.91 Å². The highest BCUT2D eigenvalue weighted by atomic mass is 32.2. The lowest BCUT2D eigenvalue weighted by molar-refractivity contribution is -0.117. The largest absolute Gasteiger partial charge is 0.490 e. The van der Waals surface area contributed by atoms with Crippen molar-refractivity contribution in [2.45, 2.75) is 71.3 Å². The van der Waals surface area contributed by atoms with Gasteiger partial charge in [0.1, 0.15) is 0 Å². The molecule has 3 fully saturated rings. The molecule has 3 saturated carbocycles. The number of benzene rings is 1. The lowest BCUT2D eigenvalue weighted by atomic mass is 9.52. The van der Waals surface area contributed by atoms with E-state index in [4.69, 9.17) is 8.92 Å². The Morgan fingerprint density at radius 1 is 1.29 bits per heavy atom. The molecule has 1 amide bonds. The van der Waals surface area contributed by atoms with Gasteiger partial charge < -0.3 is 14.0 Å². The van der Waals surface area contributed by atoms with Crippen LogP contribution in [-0.2, 0) is 21.5 Å². The van der Waals surface area contributed by atoms with Crippen molar-refractivity contribution >= 4 is 16.2 Å². The van der Waals surface area contributed by atoms with E-state index >= 15 is 0 Å². The first-order chi connectivity index (χ1) is 14.6. The standard InChI is InChI=1S/C23H31NO6S/c1-4-29-19-11-17-14(9-20(19)30-31(27,28)24-13(2)25)5-6-18-16(17)7-8-22(3)21(26)10-15-12-23(15,18)22/h9,11,15-16,18,21,26H,4-8,10,12H2,1-3H3,(H,24,25)/t15?,16?,18?,21-,22+,23?/m0/s1. The van der Waals surface area contributed by atoms with Gasteiger partial charge in [-0.1, -0.05) is 6.92 Å². The fourth-order valence-corrected chi connectivity index (χ4v) is 8.20. The quantitative estimate of drug-likeness (QED) is 0.716. The number of ether oxygens (including phenoxy) is 1. The van der Waals surface area contributed by atoms with Crippen molar-refractivity contribution < 1.29 is 27.2 Å². The van der Waals surface area contributed by atoms with E-state index in [1.54, 1.807) is 6.07 Å². The summed E-state index contributed by atoms with van der Waals surface area (Å²) in [5.74, 6) is 1.38. The van der Waals surface area contributed by atoms with Gasteiger partial charge in [0.15, 0.2) is 11.5 Å². The summed E-state index contributed by atoms with van der Waals surface area (Å²) in [5, 5.41) is 10.8. The van der Waals surface area contributed by atoms with E-state index in [1.807, 2.05) is 17.7 Å². The van der Waals surface area contributed by atoms with Crippen LogP contribution in [0.3, 0.4) is 0 Å². The molecule has 8 heteroatoms. The third-order valence-corrected chi connectivity index (χ3v) is 9.62. The highest BCUT2D eigenvalue weighted by Crippen LogP contribution is 2.81. The molecule has 170 valence electrons. The number of hydrogen-bond donors (Lipinski definition) is 2. The van der Waals surface area contributed by atoms with Gasteiger partial charge in [0.25, 0.3) is 0 Å². The molecule has 0 heterocycles. The minimum Gasteiger partial charge on any atom is -0.490 e. The van der Waals surface area contributed by atoms with Gasteiger partial charge in [-0.05, 0) is 97.3 Å². The third kappa shape index (κ3) is 3.01. The van der Waals surface area contributed by atoms with E-state index in [2.05, 4.69) is 6.92 Å². The molecule has 4 aliphatic carbocycles. The van der Waals surface area contributed by atoms with Gasteiger partial charge in [0, 0.05) is 6.92 Å². The van der Waals surface area contributed by atoms with E-state index in [9.17, 15) is 18.3 Å². The van der Waals surface area contributed by atoms with Crippen molar-refractivity contribution in [3.05, 3.63) is 23.3 Å². The predicted molar refractivity (Wildman–Crippen MR) is 114 cm³/mol. The molecule has 6 atom stereocenters. The SMILES string of the molecule is CCOc1cc2c(cc1OS(=O)(=O)NC(C)=O)CCC1C2CC[C@]2(C)[C@@H](O)CC3CC312. The topological polar surface area (TPSA) is 102 Å². The molecule has 5 rings (SSSR count). The zero-order chi connectivity index (χ0) is 22.2. The Morgan fingerprint density at radius 2 is 2.06 bits per heavy atom. The Kier molecular flexibility index (Phi) is 4.65. The number of aryl methyl sites for hydroxylation is 1. The van der Waals surface area contributed by atoms with Crippen LogP contribution in [0, 0.1) is 22.7 Å². The molecule has 1 aromatic rings. The second-order valence-corrected chi connectivity index (χ2v) is 11.3. The molecule has 31 heavy (non-hydrogen) atoms. The van der Waals surface area contributed by atoms with Crippen LogP contribution in [0.5, 0.6) is 11.5 Å². The second kappa shape index (κ2) is 6.85. The number of amides is 1. The first-order valence-corrected chi connectivity index (χ1v) is 12.7. The Hall–Kier alpha value is -1.80. The predicted octanol–water partition coefficient (Wildman–Crippen LogP) is 3.06. The molecule has 0 aromatic heterocycles. The molecule has 7 nitrogen and oxygen atoms in total. The van der Waals surface area contributed by atoms with Gasteiger partial charge in [-0.25, -0.2) is 4.72 Å². The average molecular weight is 450 g/mol. The molecule has 0 radical (unpaired) electrons. The molecule has 0 saturated heterocycles. The number of aliphatic hydroxyl groups is 1. The highest BCUT2D eigenvalue weighted by Gasteiger charge is 2.76. The number of aliphatic hydroxyl groups excluding tert-OH is 1. The Bertz CT molecular complexity index is 1040. The third-order valence-electron chi connectivity index (χ3n) is 8.68. The van der Waals surface area contributed by atoms with E-state index in [1.165, 1.54) is 12.0 Å². The highest BCUT2D eigenvalue weighted by molar-refractivity contribution is 7.85. The molecule has 0 bridgehead atoms. The smallest absolute Gasteiger partial charge is 0.409 e. The number of hydrogen-bond acceptors (Lipinski definition) is 6. The Morgan fingerprint density at radius 3 is 2.77 bits per heavy atom. The first kappa shape index (κ1) is 21.1. The van der Waals surface area contributed by atoms with Gasteiger partial charge in [-0.3, -0.25) is 4.79 Å². The van der Waals surface area contributed by atoms with Gasteiger partial charge in [-0.15, -0.1) is 0 Å². The van der Waals surface area contributed by atoms with Crippen LogP contribution in [0.1, 0.15) is 69.9 Å². The van der Waals surface area contributed by atoms with Crippen molar-refractivity contribution in [3.8, 4) is 11.5 Å². The molecule has 4 aliphatic rings. The van der Waals surface area contributed by atoms with E-state index in [-0.39, 0.29) is 22.7 Å². The number of nitrogens with one attached hydrogen (secondary N) is 1. The lowest BCUT2D eigenvalue weighted by Gasteiger charge is -2.52. The molecule has 0 aliphatic heterocycles. The van der Waals surface area contributed by atoms with Crippen LogP contribution in [-0.4, -0.2) is 32.1 Å². The number of carbonyl (C=O) groups excluding carboxylic acids is 1. The molecule has 1 aromatic carbocycles. The molecule has 1 spiro atoms. The minimum atomic E-state index is -4.26. The first-order valence-electron chi connectivity index (χ1n) is 11.3. The second-order valence-electron chi connectivity index (χ2n) is 10.0. The summed E-state index contributed by atoms with van der Waals surface area (Å²) in [6.07, 6.45) is 5.90. The van der Waals surface area contributed by atoms with Crippen molar-refractivity contribution in [1.29, 1.82) is 0 Å². The van der Waals surface area contributed by atoms with E-state index in [0.717, 1.165) is 44.6 Å². The van der Waals surface area contributed by atoms with Gasteiger partial charge in [0.05, 0.1) is 12.7 Å². The summed E-state index contributed by atoms with van der Waals surface area (Å²) in [5.41, 5.74) is 2.60. The maximum Gasteiger partial charge on any atom is 0.409 e. The van der Waals surface area contributed by atoms with E-state index in [0.29, 0.717) is 30.1 Å². The van der Waals surface area contributed by atoms with Crippen molar-refractivity contribution in [1.82, 2.24) is 4.72 Å².